The van der Waals surface area contributed by atoms with Gasteiger partial charge in [0.2, 0.25) is 5.91 Å². The number of hydrogen-bond donors (Lipinski definition) is 2. The summed E-state index contributed by atoms with van der Waals surface area (Å²) in [7, 11) is 0. The number of carbonyl (C=O) groups excluding carboxylic acids is 1. The minimum atomic E-state index is -0.214. The van der Waals surface area contributed by atoms with E-state index in [1.807, 2.05) is 11.8 Å². The third-order valence-electron chi connectivity index (χ3n) is 3.83. The standard InChI is InChI=1S/C12H23N3O2/c1-10(14-8-4-13-5-9-14)12(17)15-6-2-11(16)3-7-15/h10-11,13,16H,2-9H2,1H3. The van der Waals surface area contributed by atoms with Gasteiger partial charge in [0, 0.05) is 39.3 Å². The van der Waals surface area contributed by atoms with Crippen LogP contribution in [0.3, 0.4) is 0 Å². The van der Waals surface area contributed by atoms with Crippen LogP contribution >= 0.6 is 0 Å². The van der Waals surface area contributed by atoms with Gasteiger partial charge in [-0.3, -0.25) is 9.69 Å². The van der Waals surface area contributed by atoms with E-state index in [0.29, 0.717) is 13.1 Å². The van der Waals surface area contributed by atoms with Crippen molar-refractivity contribution in [3.63, 3.8) is 0 Å². The van der Waals surface area contributed by atoms with Crippen molar-refractivity contribution in [1.29, 1.82) is 0 Å². The first-order chi connectivity index (χ1) is 8.18. The molecule has 5 nitrogen and oxygen atoms in total. The molecule has 0 radical (unpaired) electrons. The quantitative estimate of drug-likeness (QED) is 0.669. The second kappa shape index (κ2) is 5.80. The van der Waals surface area contributed by atoms with E-state index < -0.39 is 0 Å². The molecule has 2 saturated heterocycles. The Balaban J connectivity index is 1.85. The zero-order valence-electron chi connectivity index (χ0n) is 10.6. The summed E-state index contributed by atoms with van der Waals surface area (Å²) >= 11 is 0. The van der Waals surface area contributed by atoms with E-state index in [9.17, 15) is 9.90 Å². The Bertz CT molecular complexity index is 258. The van der Waals surface area contributed by atoms with Gasteiger partial charge in [-0.15, -0.1) is 0 Å². The fourth-order valence-corrected chi connectivity index (χ4v) is 2.58. The van der Waals surface area contributed by atoms with Gasteiger partial charge >= 0.3 is 0 Å². The number of piperidine rings is 1. The van der Waals surface area contributed by atoms with Crippen molar-refractivity contribution in [1.82, 2.24) is 15.1 Å². The molecule has 1 amide bonds. The SMILES string of the molecule is CC(C(=O)N1CCC(O)CC1)N1CCNCC1. The van der Waals surface area contributed by atoms with E-state index in [1.165, 1.54) is 0 Å². The number of aliphatic hydroxyl groups excluding tert-OH is 1. The maximum absolute atomic E-state index is 12.3. The number of rotatable bonds is 2. The molecule has 98 valence electrons. The van der Waals surface area contributed by atoms with Crippen LogP contribution in [0, 0.1) is 0 Å². The van der Waals surface area contributed by atoms with Gasteiger partial charge in [0.15, 0.2) is 0 Å². The van der Waals surface area contributed by atoms with Crippen LogP contribution in [0.25, 0.3) is 0 Å². The zero-order chi connectivity index (χ0) is 12.3. The average Bonchev–Trinajstić information content (AvgIpc) is 2.39. The van der Waals surface area contributed by atoms with Crippen molar-refractivity contribution in [2.75, 3.05) is 39.3 Å². The monoisotopic (exact) mass is 241 g/mol. The van der Waals surface area contributed by atoms with Gasteiger partial charge in [-0.05, 0) is 19.8 Å². The molecule has 1 unspecified atom stereocenters. The molecule has 2 aliphatic rings. The summed E-state index contributed by atoms with van der Waals surface area (Å²) in [5.41, 5.74) is 0. The first-order valence-corrected chi connectivity index (χ1v) is 6.60. The highest BCUT2D eigenvalue weighted by atomic mass is 16.3. The molecule has 0 aromatic rings. The third-order valence-corrected chi connectivity index (χ3v) is 3.83. The molecule has 0 aromatic carbocycles. The van der Waals surface area contributed by atoms with Gasteiger partial charge < -0.3 is 15.3 Å². The van der Waals surface area contributed by atoms with Crippen molar-refractivity contribution in [2.45, 2.75) is 31.9 Å². The summed E-state index contributed by atoms with van der Waals surface area (Å²) in [5, 5.41) is 12.7. The van der Waals surface area contributed by atoms with Crippen LogP contribution in [0.2, 0.25) is 0 Å². The molecule has 17 heavy (non-hydrogen) atoms. The van der Waals surface area contributed by atoms with Gasteiger partial charge in [-0.25, -0.2) is 0 Å². The third kappa shape index (κ3) is 3.18. The van der Waals surface area contributed by atoms with Crippen molar-refractivity contribution in [3.05, 3.63) is 0 Å². The second-order valence-electron chi connectivity index (χ2n) is 5.02. The summed E-state index contributed by atoms with van der Waals surface area (Å²) in [6, 6.07) is -0.0210. The molecule has 2 N–H and O–H groups in total. The Labute approximate surface area is 103 Å². The van der Waals surface area contributed by atoms with E-state index in [2.05, 4.69) is 10.2 Å². The predicted octanol–water partition coefficient (Wildman–Crippen LogP) is -0.737. The lowest BCUT2D eigenvalue weighted by Crippen LogP contribution is -2.54. The number of amides is 1. The number of aliphatic hydroxyl groups is 1. The highest BCUT2D eigenvalue weighted by Gasteiger charge is 2.29. The van der Waals surface area contributed by atoms with Crippen molar-refractivity contribution in [2.24, 2.45) is 0 Å². The Kier molecular flexibility index (Phi) is 4.36. The minimum Gasteiger partial charge on any atom is -0.393 e. The largest absolute Gasteiger partial charge is 0.393 e. The minimum absolute atomic E-state index is 0.0210. The molecular formula is C12H23N3O2. The van der Waals surface area contributed by atoms with Crippen LogP contribution < -0.4 is 5.32 Å². The van der Waals surface area contributed by atoms with Crippen LogP contribution in [0.1, 0.15) is 19.8 Å². The Morgan fingerprint density at radius 1 is 1.24 bits per heavy atom. The number of carbonyl (C=O) groups is 1. The van der Waals surface area contributed by atoms with Crippen LogP contribution in [0.15, 0.2) is 0 Å². The molecule has 2 rings (SSSR count). The highest BCUT2D eigenvalue weighted by Crippen LogP contribution is 2.13. The molecule has 0 bridgehead atoms. The molecule has 5 heteroatoms. The van der Waals surface area contributed by atoms with Crippen molar-refractivity contribution >= 4 is 5.91 Å². The number of piperazine rings is 1. The Morgan fingerprint density at radius 3 is 2.41 bits per heavy atom. The molecule has 0 aromatic heterocycles. The van der Waals surface area contributed by atoms with Gasteiger partial charge in [-0.2, -0.15) is 0 Å². The number of nitrogens with one attached hydrogen (secondary N) is 1. The second-order valence-corrected chi connectivity index (χ2v) is 5.02. The van der Waals surface area contributed by atoms with Crippen LogP contribution in [0.4, 0.5) is 0 Å². The normalized spacial score (nSPS) is 25.9. The Morgan fingerprint density at radius 2 is 1.82 bits per heavy atom. The topological polar surface area (TPSA) is 55.8 Å². The number of nitrogens with zero attached hydrogens (tertiary/aromatic N) is 2. The van der Waals surface area contributed by atoms with E-state index in [1.54, 1.807) is 0 Å². The fourth-order valence-electron chi connectivity index (χ4n) is 2.58. The molecular weight excluding hydrogens is 218 g/mol. The summed E-state index contributed by atoms with van der Waals surface area (Å²) < 4.78 is 0. The zero-order valence-corrected chi connectivity index (χ0v) is 10.6. The molecule has 1 atom stereocenters. The van der Waals surface area contributed by atoms with Gasteiger partial charge in [0.25, 0.3) is 0 Å². The van der Waals surface area contributed by atoms with Crippen LogP contribution in [-0.2, 0) is 4.79 Å². The summed E-state index contributed by atoms with van der Waals surface area (Å²) in [6.45, 7) is 7.24. The molecule has 0 spiro atoms. The lowest BCUT2D eigenvalue weighted by Gasteiger charge is -2.37. The van der Waals surface area contributed by atoms with Crippen LogP contribution in [-0.4, -0.2) is 72.2 Å². The first kappa shape index (κ1) is 12.8. The van der Waals surface area contributed by atoms with Gasteiger partial charge in [-0.1, -0.05) is 0 Å². The molecule has 2 heterocycles. The maximum atomic E-state index is 12.3. The van der Waals surface area contributed by atoms with E-state index in [0.717, 1.165) is 39.0 Å². The molecule has 0 aliphatic carbocycles. The van der Waals surface area contributed by atoms with E-state index in [-0.39, 0.29) is 18.1 Å². The van der Waals surface area contributed by atoms with E-state index in [4.69, 9.17) is 0 Å². The van der Waals surface area contributed by atoms with Crippen LogP contribution in [0.5, 0.6) is 0 Å². The Hall–Kier alpha value is -0.650. The van der Waals surface area contributed by atoms with E-state index >= 15 is 0 Å². The van der Waals surface area contributed by atoms with Crippen molar-refractivity contribution in [3.8, 4) is 0 Å². The first-order valence-electron chi connectivity index (χ1n) is 6.60. The maximum Gasteiger partial charge on any atom is 0.239 e. The molecule has 0 saturated carbocycles. The smallest absolute Gasteiger partial charge is 0.239 e. The van der Waals surface area contributed by atoms with Gasteiger partial charge in [0.1, 0.15) is 0 Å². The number of hydrogen-bond acceptors (Lipinski definition) is 4. The molecule has 2 aliphatic heterocycles. The summed E-state index contributed by atoms with van der Waals surface area (Å²) in [4.78, 5) is 16.4. The summed E-state index contributed by atoms with van der Waals surface area (Å²) in [5.74, 6) is 0.221. The van der Waals surface area contributed by atoms with Gasteiger partial charge in [0.05, 0.1) is 12.1 Å². The highest BCUT2D eigenvalue weighted by molar-refractivity contribution is 5.81. The van der Waals surface area contributed by atoms with Crippen molar-refractivity contribution < 1.29 is 9.90 Å². The predicted molar refractivity (Wildman–Crippen MR) is 65.7 cm³/mol. The number of likely N-dealkylation sites (tertiary alicyclic amines) is 1. The lowest BCUT2D eigenvalue weighted by molar-refractivity contribution is -0.138. The molecule has 2 fully saturated rings. The lowest BCUT2D eigenvalue weighted by atomic mass is 10.1. The summed E-state index contributed by atoms with van der Waals surface area (Å²) in [6.07, 6.45) is 1.23. The average molecular weight is 241 g/mol. The fraction of sp³-hybridized carbons (Fsp3) is 0.917.